The lowest BCUT2D eigenvalue weighted by Crippen LogP contribution is -1.71. The molecule has 0 amide bonds. The Bertz CT molecular complexity index is 794. The predicted octanol–water partition coefficient (Wildman–Crippen LogP) is 6.44. The summed E-state index contributed by atoms with van der Waals surface area (Å²) in [5, 5.41) is 5.17. The minimum Gasteiger partial charge on any atom is -0.0616 e. The lowest BCUT2D eigenvalue weighted by molar-refractivity contribution is 1.71. The molecule has 0 aliphatic heterocycles. The minimum atomic E-state index is 1.16. The second kappa shape index (κ2) is 6.55. The molecule has 0 spiro atoms. The summed E-state index contributed by atoms with van der Waals surface area (Å²) in [7, 11) is 0. The van der Waals surface area contributed by atoms with E-state index in [1.54, 1.807) is 0 Å². The summed E-state index contributed by atoms with van der Waals surface area (Å²) in [6, 6.07) is 31.3. The fourth-order valence-corrected chi connectivity index (χ4v) is 2.83. The molecule has 21 heavy (non-hydrogen) atoms. The van der Waals surface area contributed by atoms with Crippen molar-refractivity contribution in [2.45, 2.75) is 0 Å². The van der Waals surface area contributed by atoms with Gasteiger partial charge in [-0.15, -0.1) is 0 Å². The van der Waals surface area contributed by atoms with Crippen molar-refractivity contribution in [1.82, 2.24) is 0 Å². The molecule has 0 saturated carbocycles. The molecule has 0 radical (unpaired) electrons. The van der Waals surface area contributed by atoms with Gasteiger partial charge in [-0.05, 0) is 27.6 Å². The summed E-state index contributed by atoms with van der Waals surface area (Å²) in [6.45, 7) is 0. The smallest absolute Gasteiger partial charge is 0.0253 e. The molecule has 0 heterocycles. The van der Waals surface area contributed by atoms with Gasteiger partial charge in [0.05, 0.1) is 0 Å². The van der Waals surface area contributed by atoms with Gasteiger partial charge in [-0.1, -0.05) is 101 Å². The quantitative estimate of drug-likeness (QED) is 0.347. The maximum Gasteiger partial charge on any atom is 0.0253 e. The zero-order valence-electron chi connectivity index (χ0n) is 11.5. The maximum atomic E-state index is 3.50. The Hall–Kier alpha value is -2.12. The fraction of sp³-hybridized carbons (Fsp3) is 0. The summed E-state index contributed by atoms with van der Waals surface area (Å²) in [4.78, 5) is 0. The molecule has 0 bridgehead atoms. The maximum absolute atomic E-state index is 3.50. The molecule has 0 aliphatic rings. The van der Waals surface area contributed by atoms with E-state index in [1.165, 1.54) is 21.5 Å². The molecule has 4 aromatic rings. The van der Waals surface area contributed by atoms with Crippen molar-refractivity contribution in [1.29, 1.82) is 0 Å². The Morgan fingerprint density at radius 3 is 1.38 bits per heavy atom. The lowest BCUT2D eigenvalue weighted by atomic mass is 10.1. The van der Waals surface area contributed by atoms with Crippen molar-refractivity contribution in [2.75, 3.05) is 0 Å². The van der Waals surface area contributed by atoms with E-state index in [2.05, 4.69) is 94.8 Å². The summed E-state index contributed by atoms with van der Waals surface area (Å²) >= 11 is 3.50. The highest BCUT2D eigenvalue weighted by Gasteiger charge is 1.93. The number of fused-ring (bicyclic) bond motifs is 2. The summed E-state index contributed by atoms with van der Waals surface area (Å²) in [5.41, 5.74) is 0. The zero-order valence-corrected chi connectivity index (χ0v) is 13.1. The number of hydrogen-bond acceptors (Lipinski definition) is 0. The number of rotatable bonds is 0. The molecule has 4 aromatic carbocycles. The molecule has 4 rings (SSSR count). The van der Waals surface area contributed by atoms with E-state index in [0.29, 0.717) is 0 Å². The third-order valence-electron chi connectivity index (χ3n) is 3.40. The third-order valence-corrected chi connectivity index (χ3v) is 4.09. The SMILES string of the molecule is Brc1cccc2ccccc12.c1ccc2ccccc2c1. The second-order valence-electron chi connectivity index (χ2n) is 4.81. The predicted molar refractivity (Wildman–Crippen MR) is 95.6 cm³/mol. The van der Waals surface area contributed by atoms with Gasteiger partial charge in [-0.2, -0.15) is 0 Å². The Balaban J connectivity index is 0.000000126. The largest absolute Gasteiger partial charge is 0.0616 e. The Labute approximate surface area is 133 Å². The van der Waals surface area contributed by atoms with Crippen LogP contribution in [0.4, 0.5) is 0 Å². The molecule has 1 heteroatoms. The Morgan fingerprint density at radius 2 is 0.857 bits per heavy atom. The average Bonchev–Trinajstić information content (AvgIpc) is 2.56. The van der Waals surface area contributed by atoms with Crippen molar-refractivity contribution < 1.29 is 0 Å². The molecule has 0 fully saturated rings. The highest BCUT2D eigenvalue weighted by atomic mass is 79.9. The second-order valence-corrected chi connectivity index (χ2v) is 5.66. The van der Waals surface area contributed by atoms with Gasteiger partial charge >= 0.3 is 0 Å². The fourth-order valence-electron chi connectivity index (χ4n) is 2.32. The van der Waals surface area contributed by atoms with Gasteiger partial charge in [0, 0.05) is 4.47 Å². The van der Waals surface area contributed by atoms with Crippen LogP contribution in [-0.2, 0) is 0 Å². The van der Waals surface area contributed by atoms with Crippen LogP contribution in [0.15, 0.2) is 95.5 Å². The first-order valence-electron chi connectivity index (χ1n) is 6.92. The molecule has 0 aliphatic carbocycles. The molecule has 0 atom stereocenters. The molecular weight excluding hydrogens is 320 g/mol. The Kier molecular flexibility index (Phi) is 4.32. The molecule has 0 nitrogen and oxygen atoms in total. The van der Waals surface area contributed by atoms with Crippen molar-refractivity contribution in [3.8, 4) is 0 Å². The van der Waals surface area contributed by atoms with Crippen molar-refractivity contribution in [3.05, 3.63) is 95.5 Å². The van der Waals surface area contributed by atoms with Crippen LogP contribution in [0.25, 0.3) is 21.5 Å². The first kappa shape index (κ1) is 13.8. The molecule has 0 N–H and O–H groups in total. The van der Waals surface area contributed by atoms with Crippen LogP contribution in [0.3, 0.4) is 0 Å². The van der Waals surface area contributed by atoms with E-state index in [0.717, 1.165) is 4.47 Å². The first-order chi connectivity index (χ1) is 10.3. The van der Waals surface area contributed by atoms with Crippen molar-refractivity contribution >= 4 is 37.5 Å². The molecule has 102 valence electrons. The average molecular weight is 335 g/mol. The summed E-state index contributed by atoms with van der Waals surface area (Å²) in [5.74, 6) is 0. The van der Waals surface area contributed by atoms with Gasteiger partial charge in [0.2, 0.25) is 0 Å². The van der Waals surface area contributed by atoms with Gasteiger partial charge in [0.1, 0.15) is 0 Å². The van der Waals surface area contributed by atoms with Crippen molar-refractivity contribution in [3.63, 3.8) is 0 Å². The molecule has 0 unspecified atom stereocenters. The van der Waals surface area contributed by atoms with Gasteiger partial charge in [0.15, 0.2) is 0 Å². The van der Waals surface area contributed by atoms with Crippen LogP contribution < -0.4 is 0 Å². The van der Waals surface area contributed by atoms with E-state index >= 15 is 0 Å². The third kappa shape index (κ3) is 3.32. The first-order valence-corrected chi connectivity index (χ1v) is 7.71. The van der Waals surface area contributed by atoms with Crippen LogP contribution >= 0.6 is 15.9 Å². The van der Waals surface area contributed by atoms with E-state index in [-0.39, 0.29) is 0 Å². The normalized spacial score (nSPS) is 10.1. The van der Waals surface area contributed by atoms with E-state index in [1.807, 2.05) is 12.1 Å². The minimum absolute atomic E-state index is 1.16. The summed E-state index contributed by atoms with van der Waals surface area (Å²) < 4.78 is 1.16. The topological polar surface area (TPSA) is 0 Å². The van der Waals surface area contributed by atoms with Crippen LogP contribution in [0.2, 0.25) is 0 Å². The van der Waals surface area contributed by atoms with Gasteiger partial charge < -0.3 is 0 Å². The van der Waals surface area contributed by atoms with E-state index in [4.69, 9.17) is 0 Å². The van der Waals surface area contributed by atoms with Gasteiger partial charge in [-0.3, -0.25) is 0 Å². The monoisotopic (exact) mass is 334 g/mol. The lowest BCUT2D eigenvalue weighted by Gasteiger charge is -1.97. The number of halogens is 1. The Morgan fingerprint density at radius 1 is 0.429 bits per heavy atom. The van der Waals surface area contributed by atoms with E-state index < -0.39 is 0 Å². The highest BCUT2D eigenvalue weighted by molar-refractivity contribution is 9.10. The number of benzene rings is 4. The molecule has 0 saturated heterocycles. The van der Waals surface area contributed by atoms with Crippen molar-refractivity contribution in [2.24, 2.45) is 0 Å². The van der Waals surface area contributed by atoms with Crippen LogP contribution in [0.1, 0.15) is 0 Å². The van der Waals surface area contributed by atoms with Crippen LogP contribution in [0, 0.1) is 0 Å². The zero-order chi connectivity index (χ0) is 14.5. The summed E-state index contributed by atoms with van der Waals surface area (Å²) in [6.07, 6.45) is 0. The van der Waals surface area contributed by atoms with E-state index in [9.17, 15) is 0 Å². The highest BCUT2D eigenvalue weighted by Crippen LogP contribution is 2.22. The standard InChI is InChI=1S/C10H7Br.C10H8/c11-10-7-3-5-8-4-1-2-6-9(8)10;1-2-6-10-8-4-3-7-9(10)5-1/h1-7H;1-8H. The van der Waals surface area contributed by atoms with Gasteiger partial charge in [-0.25, -0.2) is 0 Å². The number of hydrogen-bond donors (Lipinski definition) is 0. The van der Waals surface area contributed by atoms with Gasteiger partial charge in [0.25, 0.3) is 0 Å². The van der Waals surface area contributed by atoms with Crippen LogP contribution in [-0.4, -0.2) is 0 Å². The van der Waals surface area contributed by atoms with Crippen LogP contribution in [0.5, 0.6) is 0 Å². The molecular formula is C20H15Br. The molecule has 0 aromatic heterocycles.